The minimum absolute atomic E-state index is 0.00210. The molecule has 4 aromatic heterocycles. The van der Waals surface area contributed by atoms with Crippen molar-refractivity contribution in [2.24, 2.45) is 5.73 Å². The van der Waals surface area contributed by atoms with E-state index in [4.69, 9.17) is 29.9 Å². The number of carbonyl (C=O) groups is 1. The predicted octanol–water partition coefficient (Wildman–Crippen LogP) is 4.10. The Morgan fingerprint density at radius 3 is 2.48 bits per heavy atom. The Hall–Kier alpha value is -5.70. The SMILES string of the molecule is CCc1cc([C@H]2O[C@@H](n3cnc4c(NCC(c5ccccc5)c5ccccc5)nc(N5CC[C@H](c6cnccc6C(N)=O)C5)nc43)[C@H](O)[C@@H]2O)on1. The van der Waals surface area contributed by atoms with Gasteiger partial charge < -0.3 is 35.4 Å². The fraction of sp³-hybridized carbons (Fsp3) is 0.316. The van der Waals surface area contributed by atoms with Gasteiger partial charge in [-0.15, -0.1) is 0 Å². The number of aromatic nitrogens is 6. The van der Waals surface area contributed by atoms with Gasteiger partial charge in [0.05, 0.1) is 12.0 Å². The van der Waals surface area contributed by atoms with E-state index in [1.807, 2.05) is 43.3 Å². The number of carbonyl (C=O) groups excluding carboxylic acids is 1. The van der Waals surface area contributed by atoms with E-state index in [1.165, 1.54) is 0 Å². The first-order valence-corrected chi connectivity index (χ1v) is 17.4. The molecule has 1 amide bonds. The zero-order valence-electron chi connectivity index (χ0n) is 28.5. The summed E-state index contributed by atoms with van der Waals surface area (Å²) in [5.74, 6) is 0.746. The van der Waals surface area contributed by atoms with Crippen LogP contribution < -0.4 is 16.0 Å². The Morgan fingerprint density at radius 2 is 1.79 bits per heavy atom. The van der Waals surface area contributed by atoms with Gasteiger partial charge in [0.25, 0.3) is 0 Å². The van der Waals surface area contributed by atoms with Crippen LogP contribution in [-0.4, -0.2) is 77.6 Å². The second-order valence-corrected chi connectivity index (χ2v) is 13.2. The highest BCUT2D eigenvalue weighted by atomic mass is 16.6. The van der Waals surface area contributed by atoms with Gasteiger partial charge in [-0.3, -0.25) is 14.3 Å². The number of hydrogen-bond donors (Lipinski definition) is 4. The third kappa shape index (κ3) is 6.25. The second kappa shape index (κ2) is 14.1. The number of nitrogens with zero attached hydrogens (tertiary/aromatic N) is 7. The van der Waals surface area contributed by atoms with Crippen molar-refractivity contribution in [3.63, 3.8) is 0 Å². The van der Waals surface area contributed by atoms with Gasteiger partial charge >= 0.3 is 0 Å². The summed E-state index contributed by atoms with van der Waals surface area (Å²) in [6, 6.07) is 23.9. The summed E-state index contributed by atoms with van der Waals surface area (Å²) >= 11 is 0. The lowest BCUT2D eigenvalue weighted by Crippen LogP contribution is -2.29. The van der Waals surface area contributed by atoms with E-state index in [1.54, 1.807) is 35.4 Å². The number of imidazole rings is 1. The number of nitrogens with two attached hydrogens (primary N) is 1. The van der Waals surface area contributed by atoms with E-state index in [0.717, 1.165) is 23.1 Å². The van der Waals surface area contributed by atoms with E-state index in [-0.39, 0.29) is 11.8 Å². The molecule has 0 radical (unpaired) electrons. The number of primary amides is 1. The summed E-state index contributed by atoms with van der Waals surface area (Å²) in [4.78, 5) is 33.3. The molecule has 14 nitrogen and oxygen atoms in total. The molecule has 0 aliphatic carbocycles. The number of aryl methyl sites for hydroxylation is 1. The average molecular weight is 702 g/mol. The van der Waals surface area contributed by atoms with E-state index in [2.05, 4.69) is 44.6 Å². The molecule has 0 saturated carbocycles. The number of rotatable bonds is 11. The van der Waals surface area contributed by atoms with Gasteiger partial charge in [0.15, 0.2) is 29.0 Å². The first kappa shape index (κ1) is 33.4. The quantitative estimate of drug-likeness (QED) is 0.152. The number of pyridine rings is 1. The number of anilines is 2. The summed E-state index contributed by atoms with van der Waals surface area (Å²) in [5.41, 5.74) is 10.8. The van der Waals surface area contributed by atoms with Crippen LogP contribution in [0.25, 0.3) is 11.2 Å². The van der Waals surface area contributed by atoms with Crippen molar-refractivity contribution in [2.45, 2.75) is 56.1 Å². The first-order chi connectivity index (χ1) is 25.4. The molecule has 2 aliphatic heterocycles. The predicted molar refractivity (Wildman–Crippen MR) is 192 cm³/mol. The van der Waals surface area contributed by atoms with Gasteiger partial charge in [-0.05, 0) is 35.6 Å². The van der Waals surface area contributed by atoms with Crippen LogP contribution in [0, 0.1) is 0 Å². The molecule has 2 fully saturated rings. The number of benzene rings is 2. The largest absolute Gasteiger partial charge is 0.387 e. The molecule has 2 aromatic carbocycles. The lowest BCUT2D eigenvalue weighted by molar-refractivity contribution is -0.0434. The number of aliphatic hydroxyl groups is 2. The van der Waals surface area contributed by atoms with Crippen LogP contribution in [0.3, 0.4) is 0 Å². The summed E-state index contributed by atoms with van der Waals surface area (Å²) in [7, 11) is 0. The van der Waals surface area contributed by atoms with Gasteiger partial charge in [0.1, 0.15) is 18.3 Å². The molecule has 6 aromatic rings. The number of nitrogens with one attached hydrogen (secondary N) is 1. The highest BCUT2D eigenvalue weighted by molar-refractivity contribution is 5.94. The summed E-state index contributed by atoms with van der Waals surface area (Å²) in [5, 5.41) is 30.0. The van der Waals surface area contributed by atoms with E-state index >= 15 is 0 Å². The molecule has 5 atom stereocenters. The molecule has 5 N–H and O–H groups in total. The molecular formula is C38H39N9O5. The molecule has 6 heterocycles. The molecule has 0 unspecified atom stereocenters. The van der Waals surface area contributed by atoms with Crippen LogP contribution >= 0.6 is 0 Å². The van der Waals surface area contributed by atoms with Crippen LogP contribution in [0.15, 0.2) is 96.0 Å². The van der Waals surface area contributed by atoms with Crippen LogP contribution in [0.5, 0.6) is 0 Å². The van der Waals surface area contributed by atoms with Crippen LogP contribution in [0.4, 0.5) is 11.8 Å². The van der Waals surface area contributed by atoms with Crippen LogP contribution in [0.2, 0.25) is 0 Å². The fourth-order valence-corrected chi connectivity index (χ4v) is 7.26. The number of amides is 1. The van der Waals surface area contributed by atoms with Gasteiger partial charge in [-0.2, -0.15) is 9.97 Å². The minimum atomic E-state index is -1.32. The maximum atomic E-state index is 12.2. The Kier molecular flexibility index (Phi) is 9.09. The van der Waals surface area contributed by atoms with Crippen LogP contribution in [-0.2, 0) is 11.2 Å². The summed E-state index contributed by atoms with van der Waals surface area (Å²) < 4.78 is 13.4. The van der Waals surface area contributed by atoms with Crippen molar-refractivity contribution >= 4 is 28.8 Å². The Balaban J connectivity index is 1.16. The Bertz CT molecular complexity index is 2140. The van der Waals surface area contributed by atoms with Crippen molar-refractivity contribution in [3.05, 3.63) is 125 Å². The topological polar surface area (TPSA) is 191 Å². The summed E-state index contributed by atoms with van der Waals surface area (Å²) in [6.45, 7) is 3.59. The molecule has 14 heteroatoms. The highest BCUT2D eigenvalue weighted by Crippen LogP contribution is 2.41. The number of aliphatic hydroxyl groups excluding tert-OH is 2. The average Bonchev–Trinajstić information content (AvgIpc) is 4.00. The van der Waals surface area contributed by atoms with E-state index in [0.29, 0.717) is 66.0 Å². The molecular weight excluding hydrogens is 662 g/mol. The molecule has 2 aliphatic rings. The van der Waals surface area contributed by atoms with Crippen molar-refractivity contribution < 1.29 is 24.3 Å². The Labute approximate surface area is 299 Å². The first-order valence-electron chi connectivity index (χ1n) is 17.4. The van der Waals surface area contributed by atoms with Gasteiger partial charge in [0, 0.05) is 55.5 Å². The molecule has 8 rings (SSSR count). The number of fused-ring (bicyclic) bond motifs is 1. The zero-order valence-corrected chi connectivity index (χ0v) is 28.5. The molecule has 2 saturated heterocycles. The van der Waals surface area contributed by atoms with Gasteiger partial charge in [-0.25, -0.2) is 4.98 Å². The van der Waals surface area contributed by atoms with Gasteiger partial charge in [0.2, 0.25) is 11.9 Å². The standard InChI is InChI=1S/C38H39N9O5/c1-2-25-17-29(52-45-25)33-31(48)32(49)37(51-33)47-21-42-30-35(41-19-27(22-9-5-3-6-10-22)23-11-7-4-8-12-23)43-38(44-36(30)47)46-16-14-24(20-46)28-18-40-15-13-26(28)34(39)50/h3-13,15,17-18,21,24,27,31-33,37,48-49H,2,14,16,19-20H2,1H3,(H2,39,50)(H,41,43,44)/t24-,31-,32+,33+,37+/m0/s1. The monoisotopic (exact) mass is 701 g/mol. The zero-order chi connectivity index (χ0) is 35.8. The van der Waals surface area contributed by atoms with Crippen molar-refractivity contribution in [1.29, 1.82) is 0 Å². The third-order valence-corrected chi connectivity index (χ3v) is 10.0. The summed E-state index contributed by atoms with van der Waals surface area (Å²) in [6.07, 6.45) is 1.62. The molecule has 52 heavy (non-hydrogen) atoms. The van der Waals surface area contributed by atoms with Crippen molar-refractivity contribution in [1.82, 2.24) is 29.7 Å². The number of hydrogen-bond acceptors (Lipinski definition) is 12. The number of ether oxygens (including phenoxy) is 1. The normalized spacial score (nSPS) is 21.7. The van der Waals surface area contributed by atoms with Crippen molar-refractivity contribution in [2.75, 3.05) is 29.9 Å². The molecule has 0 spiro atoms. The van der Waals surface area contributed by atoms with E-state index < -0.39 is 30.4 Å². The lowest BCUT2D eigenvalue weighted by Gasteiger charge is -2.22. The minimum Gasteiger partial charge on any atom is -0.387 e. The van der Waals surface area contributed by atoms with Crippen LogP contribution in [0.1, 0.15) is 76.0 Å². The van der Waals surface area contributed by atoms with Gasteiger partial charge in [-0.1, -0.05) is 72.7 Å². The van der Waals surface area contributed by atoms with E-state index in [9.17, 15) is 15.0 Å². The smallest absolute Gasteiger partial charge is 0.249 e. The highest BCUT2D eigenvalue weighted by Gasteiger charge is 2.47. The maximum Gasteiger partial charge on any atom is 0.249 e. The Morgan fingerprint density at radius 1 is 1.04 bits per heavy atom. The third-order valence-electron chi connectivity index (χ3n) is 10.0. The molecule has 0 bridgehead atoms. The van der Waals surface area contributed by atoms with Crippen molar-refractivity contribution in [3.8, 4) is 0 Å². The second-order valence-electron chi connectivity index (χ2n) is 13.2. The maximum absolute atomic E-state index is 12.2. The molecule has 266 valence electrons. The lowest BCUT2D eigenvalue weighted by atomic mass is 9.91. The fourth-order valence-electron chi connectivity index (χ4n) is 7.26.